The zero-order valence-corrected chi connectivity index (χ0v) is 14.9. The molecule has 0 aliphatic heterocycles. The summed E-state index contributed by atoms with van der Waals surface area (Å²) in [5.41, 5.74) is 7.31. The number of benzene rings is 1. The van der Waals surface area contributed by atoms with Crippen LogP contribution in [0.3, 0.4) is 0 Å². The van der Waals surface area contributed by atoms with Crippen LogP contribution in [0.25, 0.3) is 10.9 Å². The normalized spacial score (nSPS) is 22.6. The highest BCUT2D eigenvalue weighted by Gasteiger charge is 2.49. The molecule has 0 unspecified atom stereocenters. The van der Waals surface area contributed by atoms with Crippen molar-refractivity contribution in [2.75, 3.05) is 20.3 Å². The first-order valence-corrected chi connectivity index (χ1v) is 8.90. The van der Waals surface area contributed by atoms with Crippen molar-refractivity contribution in [1.82, 2.24) is 10.3 Å². The molecule has 1 aromatic carbocycles. The van der Waals surface area contributed by atoms with Gasteiger partial charge in [-0.05, 0) is 36.6 Å². The number of aromatic amines is 1. The predicted molar refractivity (Wildman–Crippen MR) is 97.7 cm³/mol. The first kappa shape index (κ1) is 17.8. The number of fused-ring (bicyclic) bond motifs is 1. The van der Waals surface area contributed by atoms with Gasteiger partial charge < -0.3 is 25.5 Å². The van der Waals surface area contributed by atoms with E-state index < -0.39 is 5.60 Å². The summed E-state index contributed by atoms with van der Waals surface area (Å²) in [6.45, 7) is 3.36. The van der Waals surface area contributed by atoms with E-state index in [9.17, 15) is 4.79 Å². The molecule has 1 amide bonds. The van der Waals surface area contributed by atoms with E-state index >= 15 is 0 Å². The third kappa shape index (κ3) is 3.65. The van der Waals surface area contributed by atoms with Crippen LogP contribution in [-0.2, 0) is 16.0 Å². The van der Waals surface area contributed by atoms with Crippen LogP contribution in [0.1, 0.15) is 31.7 Å². The van der Waals surface area contributed by atoms with Gasteiger partial charge in [-0.2, -0.15) is 0 Å². The Labute approximate surface area is 148 Å². The lowest BCUT2D eigenvalue weighted by molar-refractivity contribution is -0.156. The monoisotopic (exact) mass is 345 g/mol. The quantitative estimate of drug-likeness (QED) is 0.684. The molecule has 4 N–H and O–H groups in total. The molecule has 136 valence electrons. The minimum absolute atomic E-state index is 0.0564. The lowest BCUT2D eigenvalue weighted by Gasteiger charge is -2.43. The summed E-state index contributed by atoms with van der Waals surface area (Å²) in [6.07, 6.45) is 4.89. The summed E-state index contributed by atoms with van der Waals surface area (Å²) in [6, 6.07) is 6.11. The van der Waals surface area contributed by atoms with Gasteiger partial charge in [0.05, 0.1) is 6.61 Å². The first-order chi connectivity index (χ1) is 12.1. The van der Waals surface area contributed by atoms with Crippen molar-refractivity contribution in [2.45, 2.75) is 44.2 Å². The molecular weight excluding hydrogens is 318 g/mol. The predicted octanol–water partition coefficient (Wildman–Crippen LogP) is 2.12. The Morgan fingerprint density at radius 1 is 1.44 bits per heavy atom. The van der Waals surface area contributed by atoms with E-state index in [1.54, 1.807) is 7.11 Å². The third-order valence-electron chi connectivity index (χ3n) is 4.88. The van der Waals surface area contributed by atoms with Gasteiger partial charge >= 0.3 is 0 Å². The van der Waals surface area contributed by atoms with Gasteiger partial charge in [0.25, 0.3) is 5.91 Å². The van der Waals surface area contributed by atoms with Gasteiger partial charge in [-0.3, -0.25) is 4.79 Å². The fraction of sp³-hybridized carbons (Fsp3) is 0.526. The molecule has 1 fully saturated rings. The van der Waals surface area contributed by atoms with Gasteiger partial charge in [0, 0.05) is 49.6 Å². The number of hydrogen-bond donors (Lipinski definition) is 3. The second kappa shape index (κ2) is 7.45. The maximum atomic E-state index is 12.4. The fourth-order valence-electron chi connectivity index (χ4n) is 3.38. The van der Waals surface area contributed by atoms with Gasteiger partial charge in [-0.15, -0.1) is 0 Å². The summed E-state index contributed by atoms with van der Waals surface area (Å²) >= 11 is 0. The van der Waals surface area contributed by atoms with Crippen LogP contribution in [0, 0.1) is 0 Å². The van der Waals surface area contributed by atoms with E-state index in [0.717, 1.165) is 35.1 Å². The number of methoxy groups -OCH3 is 1. The SMILES string of the molecule is CCCOc1ccc2[nH]cc(CCNC(=O)C3(OC)CC(N)C3)c2c1. The van der Waals surface area contributed by atoms with E-state index in [4.69, 9.17) is 15.2 Å². The van der Waals surface area contributed by atoms with Crippen LogP contribution in [0.2, 0.25) is 0 Å². The molecular formula is C19H27N3O3. The van der Waals surface area contributed by atoms with Crippen LogP contribution < -0.4 is 15.8 Å². The van der Waals surface area contributed by atoms with Crippen LogP contribution >= 0.6 is 0 Å². The number of aromatic nitrogens is 1. The highest BCUT2D eigenvalue weighted by Crippen LogP contribution is 2.34. The highest BCUT2D eigenvalue weighted by molar-refractivity contribution is 5.87. The topological polar surface area (TPSA) is 89.4 Å². The van der Waals surface area contributed by atoms with E-state index in [1.807, 2.05) is 18.3 Å². The van der Waals surface area contributed by atoms with Crippen LogP contribution in [0.4, 0.5) is 0 Å². The van der Waals surface area contributed by atoms with Crippen molar-refractivity contribution < 1.29 is 14.3 Å². The van der Waals surface area contributed by atoms with Gasteiger partial charge in [-0.25, -0.2) is 0 Å². The molecule has 0 atom stereocenters. The Bertz CT molecular complexity index is 735. The standard InChI is InChI=1S/C19H27N3O3/c1-3-8-25-15-4-5-17-16(9-15)13(12-22-17)6-7-21-18(23)19(24-2)10-14(20)11-19/h4-5,9,12,14,22H,3,6-8,10-11,20H2,1-2H3,(H,21,23). The largest absolute Gasteiger partial charge is 0.494 e. The van der Waals surface area contributed by atoms with Crippen LogP contribution in [0.5, 0.6) is 5.75 Å². The molecule has 0 radical (unpaired) electrons. The van der Waals surface area contributed by atoms with Crippen molar-refractivity contribution in [3.05, 3.63) is 30.0 Å². The minimum Gasteiger partial charge on any atom is -0.494 e. The Morgan fingerprint density at radius 3 is 2.92 bits per heavy atom. The molecule has 6 nitrogen and oxygen atoms in total. The molecule has 1 aliphatic carbocycles. The Balaban J connectivity index is 1.60. The Hall–Kier alpha value is -2.05. The van der Waals surface area contributed by atoms with Gasteiger partial charge in [0.15, 0.2) is 0 Å². The number of ether oxygens (including phenoxy) is 2. The van der Waals surface area contributed by atoms with E-state index in [0.29, 0.717) is 26.0 Å². The van der Waals surface area contributed by atoms with Crippen molar-refractivity contribution in [1.29, 1.82) is 0 Å². The van der Waals surface area contributed by atoms with E-state index in [1.165, 1.54) is 0 Å². The molecule has 3 rings (SSSR count). The van der Waals surface area contributed by atoms with Gasteiger partial charge in [0.1, 0.15) is 11.4 Å². The van der Waals surface area contributed by atoms with Crippen molar-refractivity contribution in [3.8, 4) is 5.75 Å². The maximum absolute atomic E-state index is 12.4. The Kier molecular flexibility index (Phi) is 5.30. The smallest absolute Gasteiger partial charge is 0.252 e. The van der Waals surface area contributed by atoms with Crippen LogP contribution in [0.15, 0.2) is 24.4 Å². The number of H-pyrrole nitrogens is 1. The second-order valence-corrected chi connectivity index (χ2v) is 6.74. The first-order valence-electron chi connectivity index (χ1n) is 8.90. The molecule has 2 aromatic rings. The zero-order valence-electron chi connectivity index (χ0n) is 14.9. The van der Waals surface area contributed by atoms with Crippen molar-refractivity contribution in [2.24, 2.45) is 5.73 Å². The molecule has 1 saturated carbocycles. The van der Waals surface area contributed by atoms with Crippen molar-refractivity contribution in [3.63, 3.8) is 0 Å². The molecule has 0 bridgehead atoms. The lowest BCUT2D eigenvalue weighted by atomic mass is 9.75. The number of carbonyl (C=O) groups excluding carboxylic acids is 1. The number of rotatable bonds is 8. The maximum Gasteiger partial charge on any atom is 0.252 e. The molecule has 0 saturated heterocycles. The Morgan fingerprint density at radius 2 is 2.24 bits per heavy atom. The molecule has 1 aromatic heterocycles. The zero-order chi connectivity index (χ0) is 17.9. The highest BCUT2D eigenvalue weighted by atomic mass is 16.5. The van der Waals surface area contributed by atoms with E-state index in [2.05, 4.69) is 23.3 Å². The van der Waals surface area contributed by atoms with Gasteiger partial charge in [0.2, 0.25) is 0 Å². The summed E-state index contributed by atoms with van der Waals surface area (Å²) in [5.74, 6) is 0.810. The van der Waals surface area contributed by atoms with E-state index in [-0.39, 0.29) is 11.9 Å². The fourth-order valence-corrected chi connectivity index (χ4v) is 3.38. The molecule has 6 heteroatoms. The number of nitrogens with one attached hydrogen (secondary N) is 2. The summed E-state index contributed by atoms with van der Waals surface area (Å²) < 4.78 is 11.1. The summed E-state index contributed by atoms with van der Waals surface area (Å²) in [4.78, 5) is 15.6. The third-order valence-corrected chi connectivity index (χ3v) is 4.88. The van der Waals surface area contributed by atoms with Crippen molar-refractivity contribution >= 4 is 16.8 Å². The average molecular weight is 345 g/mol. The second-order valence-electron chi connectivity index (χ2n) is 6.74. The molecule has 0 spiro atoms. The minimum atomic E-state index is -0.735. The molecule has 25 heavy (non-hydrogen) atoms. The number of carbonyl (C=O) groups is 1. The number of amides is 1. The molecule has 1 aliphatic rings. The summed E-state index contributed by atoms with van der Waals surface area (Å²) in [5, 5.41) is 4.12. The number of nitrogens with two attached hydrogens (primary N) is 1. The average Bonchev–Trinajstić information content (AvgIpc) is 2.99. The molecule has 1 heterocycles. The lowest BCUT2D eigenvalue weighted by Crippen LogP contribution is -2.61. The number of hydrogen-bond acceptors (Lipinski definition) is 4. The van der Waals surface area contributed by atoms with Crippen LogP contribution in [-0.4, -0.2) is 42.8 Å². The summed E-state index contributed by atoms with van der Waals surface area (Å²) in [7, 11) is 1.57. The van der Waals surface area contributed by atoms with Gasteiger partial charge in [-0.1, -0.05) is 6.92 Å².